The van der Waals surface area contributed by atoms with Gasteiger partial charge >= 0.3 is 0 Å². The minimum absolute atomic E-state index is 0.663. The first-order chi connectivity index (χ1) is 12.8. The average Bonchev–Trinajstić information content (AvgIpc) is 3.10. The third-order valence-electron chi connectivity index (χ3n) is 5.83. The van der Waals surface area contributed by atoms with Crippen molar-refractivity contribution in [2.45, 2.75) is 38.3 Å². The molecular weight excluding hydrogens is 328 g/mol. The van der Waals surface area contributed by atoms with Gasteiger partial charge in [0.05, 0.1) is 31.5 Å². The Balaban J connectivity index is 1.43. The lowest BCUT2D eigenvalue weighted by Crippen LogP contribution is -2.43. The number of benzene rings is 1. The van der Waals surface area contributed by atoms with Gasteiger partial charge in [-0.2, -0.15) is 5.10 Å². The smallest absolute Gasteiger partial charge is 0.119 e. The Morgan fingerprint density at radius 3 is 2.96 bits per heavy atom. The molecule has 0 aliphatic carbocycles. The Morgan fingerprint density at radius 2 is 2.12 bits per heavy atom. The molecule has 1 unspecified atom stereocenters. The van der Waals surface area contributed by atoms with Crippen LogP contribution in [0.25, 0.3) is 10.9 Å². The number of ether oxygens (including phenoxy) is 2. The number of morpholine rings is 1. The molecule has 6 heteroatoms. The van der Waals surface area contributed by atoms with Gasteiger partial charge in [-0.3, -0.25) is 14.9 Å². The summed E-state index contributed by atoms with van der Waals surface area (Å²) in [6.07, 6.45) is 5.19. The molecule has 4 rings (SSSR count). The van der Waals surface area contributed by atoms with Crippen molar-refractivity contribution >= 4 is 10.9 Å². The molecule has 2 fully saturated rings. The van der Waals surface area contributed by atoms with Crippen molar-refractivity contribution in [3.63, 3.8) is 0 Å². The second kappa shape index (κ2) is 8.37. The van der Waals surface area contributed by atoms with E-state index >= 15 is 0 Å². The molecule has 2 aromatic rings. The highest BCUT2D eigenvalue weighted by molar-refractivity contribution is 5.82. The number of aromatic amines is 1. The van der Waals surface area contributed by atoms with E-state index in [9.17, 15) is 0 Å². The maximum atomic E-state index is 5.47. The van der Waals surface area contributed by atoms with Crippen molar-refractivity contribution < 1.29 is 9.47 Å². The molecule has 2 aliphatic rings. The van der Waals surface area contributed by atoms with E-state index in [2.05, 4.69) is 26.1 Å². The minimum atomic E-state index is 0.663. The van der Waals surface area contributed by atoms with Gasteiger partial charge in [-0.1, -0.05) is 6.42 Å². The summed E-state index contributed by atoms with van der Waals surface area (Å²) in [5, 5.41) is 8.92. The molecule has 1 aromatic heterocycles. The molecule has 26 heavy (non-hydrogen) atoms. The quantitative estimate of drug-likeness (QED) is 0.860. The molecule has 0 bridgehead atoms. The zero-order chi connectivity index (χ0) is 17.8. The van der Waals surface area contributed by atoms with Crippen LogP contribution in [0.3, 0.4) is 0 Å². The maximum absolute atomic E-state index is 5.47. The Labute approximate surface area is 155 Å². The fourth-order valence-electron chi connectivity index (χ4n) is 4.24. The topological polar surface area (TPSA) is 53.6 Å². The summed E-state index contributed by atoms with van der Waals surface area (Å²) in [5.41, 5.74) is 2.22. The molecule has 1 N–H and O–H groups in total. The molecule has 2 saturated heterocycles. The largest absolute Gasteiger partial charge is 0.497 e. The predicted octanol–water partition coefficient (Wildman–Crippen LogP) is 2.65. The van der Waals surface area contributed by atoms with Gasteiger partial charge in [0.25, 0.3) is 0 Å². The third kappa shape index (κ3) is 4.03. The number of nitrogens with zero attached hydrogens (tertiary/aromatic N) is 3. The van der Waals surface area contributed by atoms with E-state index in [4.69, 9.17) is 9.47 Å². The number of hydrogen-bond donors (Lipinski definition) is 1. The first kappa shape index (κ1) is 17.8. The van der Waals surface area contributed by atoms with Crippen molar-refractivity contribution in [3.05, 3.63) is 23.9 Å². The van der Waals surface area contributed by atoms with Crippen LogP contribution in [0.2, 0.25) is 0 Å². The van der Waals surface area contributed by atoms with E-state index in [1.165, 1.54) is 49.9 Å². The summed E-state index contributed by atoms with van der Waals surface area (Å²) >= 11 is 0. The van der Waals surface area contributed by atoms with Crippen LogP contribution in [0.1, 0.15) is 31.4 Å². The minimum Gasteiger partial charge on any atom is -0.497 e. The SMILES string of the molecule is COc1ccc2n[nH]c(CN3CCCCC3CCN3CCOCC3)c2c1. The molecule has 3 heterocycles. The zero-order valence-corrected chi connectivity index (χ0v) is 15.7. The Hall–Kier alpha value is -1.63. The van der Waals surface area contributed by atoms with Crippen LogP contribution >= 0.6 is 0 Å². The first-order valence-electron chi connectivity index (χ1n) is 9.88. The number of nitrogens with one attached hydrogen (secondary N) is 1. The van der Waals surface area contributed by atoms with Gasteiger partial charge in [0, 0.05) is 31.1 Å². The molecule has 6 nitrogen and oxygen atoms in total. The zero-order valence-electron chi connectivity index (χ0n) is 15.7. The highest BCUT2D eigenvalue weighted by Gasteiger charge is 2.24. The number of fused-ring (bicyclic) bond motifs is 1. The lowest BCUT2D eigenvalue weighted by atomic mass is 9.98. The van der Waals surface area contributed by atoms with Crippen LogP contribution in [0.4, 0.5) is 0 Å². The number of piperidine rings is 1. The lowest BCUT2D eigenvalue weighted by Gasteiger charge is -2.37. The highest BCUT2D eigenvalue weighted by atomic mass is 16.5. The van der Waals surface area contributed by atoms with E-state index in [0.717, 1.165) is 44.1 Å². The van der Waals surface area contributed by atoms with Crippen molar-refractivity contribution in [2.75, 3.05) is 46.5 Å². The van der Waals surface area contributed by atoms with Crippen LogP contribution in [-0.2, 0) is 11.3 Å². The molecule has 0 amide bonds. The van der Waals surface area contributed by atoms with Crippen LogP contribution < -0.4 is 4.74 Å². The molecule has 1 atom stereocenters. The Bertz CT molecular complexity index is 711. The maximum Gasteiger partial charge on any atom is 0.119 e. The van der Waals surface area contributed by atoms with E-state index in [1.807, 2.05) is 12.1 Å². The summed E-state index contributed by atoms with van der Waals surface area (Å²) < 4.78 is 10.9. The van der Waals surface area contributed by atoms with Gasteiger partial charge < -0.3 is 9.47 Å². The first-order valence-corrected chi connectivity index (χ1v) is 9.88. The second-order valence-corrected chi connectivity index (χ2v) is 7.45. The summed E-state index contributed by atoms with van der Waals surface area (Å²) in [7, 11) is 1.72. The normalized spacial score (nSPS) is 22.7. The molecule has 142 valence electrons. The number of likely N-dealkylation sites (tertiary alicyclic amines) is 1. The fourth-order valence-corrected chi connectivity index (χ4v) is 4.24. The van der Waals surface area contributed by atoms with E-state index in [1.54, 1.807) is 7.11 Å². The number of rotatable bonds is 6. The molecular formula is C20H30N4O2. The van der Waals surface area contributed by atoms with E-state index in [-0.39, 0.29) is 0 Å². The fraction of sp³-hybridized carbons (Fsp3) is 0.650. The van der Waals surface area contributed by atoms with Crippen LogP contribution in [0.15, 0.2) is 18.2 Å². The Kier molecular flexibility index (Phi) is 5.72. The number of aromatic nitrogens is 2. The van der Waals surface area contributed by atoms with Crippen LogP contribution in [0.5, 0.6) is 5.75 Å². The van der Waals surface area contributed by atoms with Gasteiger partial charge in [0.2, 0.25) is 0 Å². The van der Waals surface area contributed by atoms with Crippen molar-refractivity contribution in [3.8, 4) is 5.75 Å². The summed E-state index contributed by atoms with van der Waals surface area (Å²) in [4.78, 5) is 5.20. The number of H-pyrrole nitrogens is 1. The van der Waals surface area contributed by atoms with E-state index in [0.29, 0.717) is 6.04 Å². The molecule has 1 aromatic carbocycles. The molecule has 0 saturated carbocycles. The van der Waals surface area contributed by atoms with Gasteiger partial charge in [0.15, 0.2) is 0 Å². The van der Waals surface area contributed by atoms with Crippen molar-refractivity contribution in [1.29, 1.82) is 0 Å². The molecule has 0 spiro atoms. The summed E-state index contributed by atoms with van der Waals surface area (Å²) in [6.45, 7) is 7.24. The van der Waals surface area contributed by atoms with Gasteiger partial charge in [-0.25, -0.2) is 0 Å². The second-order valence-electron chi connectivity index (χ2n) is 7.45. The standard InChI is InChI=1S/C20H30N4O2/c1-25-17-5-6-19-18(14-17)20(22-21-19)15-24-8-3-2-4-16(24)7-9-23-10-12-26-13-11-23/h5-6,14,16H,2-4,7-13,15H2,1H3,(H,21,22). The highest BCUT2D eigenvalue weighted by Crippen LogP contribution is 2.26. The number of methoxy groups -OCH3 is 1. The van der Waals surface area contributed by atoms with Gasteiger partial charge in [-0.05, 0) is 50.6 Å². The average molecular weight is 358 g/mol. The van der Waals surface area contributed by atoms with Crippen molar-refractivity contribution in [1.82, 2.24) is 20.0 Å². The van der Waals surface area contributed by atoms with Gasteiger partial charge in [-0.15, -0.1) is 0 Å². The summed E-state index contributed by atoms with van der Waals surface area (Å²) in [5.74, 6) is 0.891. The lowest BCUT2D eigenvalue weighted by molar-refractivity contribution is 0.0301. The van der Waals surface area contributed by atoms with E-state index < -0.39 is 0 Å². The van der Waals surface area contributed by atoms with Gasteiger partial charge in [0.1, 0.15) is 5.75 Å². The Morgan fingerprint density at radius 1 is 1.23 bits per heavy atom. The molecule has 0 radical (unpaired) electrons. The van der Waals surface area contributed by atoms with Crippen LogP contribution in [-0.4, -0.2) is 72.5 Å². The monoisotopic (exact) mass is 358 g/mol. The van der Waals surface area contributed by atoms with Crippen LogP contribution in [0, 0.1) is 0 Å². The number of hydrogen-bond acceptors (Lipinski definition) is 5. The third-order valence-corrected chi connectivity index (χ3v) is 5.83. The summed E-state index contributed by atoms with van der Waals surface area (Å²) in [6, 6.07) is 6.76. The predicted molar refractivity (Wildman–Crippen MR) is 103 cm³/mol. The van der Waals surface area contributed by atoms with Crippen molar-refractivity contribution in [2.24, 2.45) is 0 Å². The molecule has 2 aliphatic heterocycles.